The van der Waals surface area contributed by atoms with Crippen molar-refractivity contribution in [1.82, 2.24) is 9.97 Å². The van der Waals surface area contributed by atoms with E-state index in [9.17, 15) is 4.79 Å². The first-order valence-corrected chi connectivity index (χ1v) is 13.0. The predicted molar refractivity (Wildman–Crippen MR) is 143 cm³/mol. The highest BCUT2D eigenvalue weighted by atomic mass is 32.1. The van der Waals surface area contributed by atoms with Crippen LogP contribution in [0.15, 0.2) is 53.3 Å². The van der Waals surface area contributed by atoms with Crippen LogP contribution in [0.1, 0.15) is 43.2 Å². The van der Waals surface area contributed by atoms with Gasteiger partial charge in [-0.3, -0.25) is 4.79 Å². The van der Waals surface area contributed by atoms with Crippen LogP contribution in [0, 0.1) is 11.3 Å². The van der Waals surface area contributed by atoms with Crippen LogP contribution in [0.25, 0.3) is 21.6 Å². The molecule has 2 aromatic carbocycles. The largest absolute Gasteiger partial charge is 0.493 e. The predicted octanol–water partition coefficient (Wildman–Crippen LogP) is 6.43. The first kappa shape index (κ1) is 23.6. The van der Waals surface area contributed by atoms with Gasteiger partial charge in [-0.15, -0.1) is 11.3 Å². The fourth-order valence-corrected chi connectivity index (χ4v) is 6.22. The van der Waals surface area contributed by atoms with E-state index in [1.165, 1.54) is 16.0 Å². The third kappa shape index (κ3) is 4.85. The van der Waals surface area contributed by atoms with E-state index >= 15 is 0 Å². The SMILES string of the molecule is COc1cc(-c2nc3sc4c(c3c(=O)[nH]2)CCC(C(C)(C)C)C4)ccc1OCCc1ccccc1. The lowest BCUT2D eigenvalue weighted by Gasteiger charge is -2.33. The van der Waals surface area contributed by atoms with Gasteiger partial charge < -0.3 is 14.5 Å². The molecule has 1 unspecified atom stereocenters. The van der Waals surface area contributed by atoms with E-state index < -0.39 is 0 Å². The molecular weight excluding hydrogens is 456 g/mol. The van der Waals surface area contributed by atoms with Crippen molar-refractivity contribution < 1.29 is 9.47 Å². The molecule has 1 aliphatic carbocycles. The molecule has 0 saturated carbocycles. The number of fused-ring (bicyclic) bond motifs is 3. The van der Waals surface area contributed by atoms with E-state index in [-0.39, 0.29) is 11.0 Å². The molecule has 35 heavy (non-hydrogen) atoms. The number of thiophene rings is 1. The van der Waals surface area contributed by atoms with Crippen LogP contribution in [0.5, 0.6) is 11.5 Å². The molecule has 0 bridgehead atoms. The van der Waals surface area contributed by atoms with Crippen molar-refractivity contribution in [3.63, 3.8) is 0 Å². The Bertz CT molecular complexity index is 1400. The number of ether oxygens (including phenoxy) is 2. The number of hydrogen-bond acceptors (Lipinski definition) is 5. The maximum atomic E-state index is 13.1. The van der Waals surface area contributed by atoms with Gasteiger partial charge in [-0.2, -0.15) is 0 Å². The number of nitrogens with one attached hydrogen (secondary N) is 1. The number of aromatic nitrogens is 2. The van der Waals surface area contributed by atoms with Crippen LogP contribution >= 0.6 is 11.3 Å². The summed E-state index contributed by atoms with van der Waals surface area (Å²) in [7, 11) is 1.63. The molecule has 1 N–H and O–H groups in total. The molecule has 5 rings (SSSR count). The summed E-state index contributed by atoms with van der Waals surface area (Å²) in [5.41, 5.74) is 3.44. The summed E-state index contributed by atoms with van der Waals surface area (Å²) >= 11 is 1.68. The number of hydrogen-bond donors (Lipinski definition) is 1. The standard InChI is InChI=1S/C29H32N2O3S/c1-29(2,3)20-11-12-21-24(17-20)35-28-25(21)27(32)30-26(31-28)19-10-13-22(23(16-19)33-4)34-15-14-18-8-6-5-7-9-18/h5-10,13,16,20H,11-12,14-15,17H2,1-4H3,(H,30,31,32). The zero-order valence-electron chi connectivity index (χ0n) is 20.8. The summed E-state index contributed by atoms with van der Waals surface area (Å²) in [5.74, 6) is 2.48. The van der Waals surface area contributed by atoms with Crippen molar-refractivity contribution in [3.8, 4) is 22.9 Å². The number of nitrogens with zero attached hydrogens (tertiary/aromatic N) is 1. The van der Waals surface area contributed by atoms with Gasteiger partial charge in [0.2, 0.25) is 0 Å². The molecule has 6 heteroatoms. The van der Waals surface area contributed by atoms with Gasteiger partial charge in [0, 0.05) is 16.9 Å². The minimum absolute atomic E-state index is 0.0566. The average molecular weight is 489 g/mol. The number of aryl methyl sites for hydroxylation is 1. The summed E-state index contributed by atoms with van der Waals surface area (Å²) in [6.07, 6.45) is 3.91. The number of H-pyrrole nitrogens is 1. The molecule has 1 aliphatic rings. The van der Waals surface area contributed by atoms with E-state index in [1.807, 2.05) is 36.4 Å². The summed E-state index contributed by atoms with van der Waals surface area (Å²) < 4.78 is 11.6. The van der Waals surface area contributed by atoms with Crippen molar-refractivity contribution in [3.05, 3.63) is 74.9 Å². The van der Waals surface area contributed by atoms with Crippen molar-refractivity contribution >= 4 is 21.6 Å². The normalized spacial score (nSPS) is 15.7. The lowest BCUT2D eigenvalue weighted by molar-refractivity contribution is 0.218. The minimum Gasteiger partial charge on any atom is -0.493 e. The Balaban J connectivity index is 1.40. The molecule has 0 fully saturated rings. The second-order valence-corrected chi connectivity index (χ2v) is 11.4. The van der Waals surface area contributed by atoms with Gasteiger partial charge in [0.05, 0.1) is 19.1 Å². The topological polar surface area (TPSA) is 64.2 Å². The Morgan fingerprint density at radius 2 is 1.91 bits per heavy atom. The van der Waals surface area contributed by atoms with Gasteiger partial charge in [-0.25, -0.2) is 4.98 Å². The summed E-state index contributed by atoms with van der Waals surface area (Å²) in [6.45, 7) is 7.47. The molecule has 2 aromatic heterocycles. The van der Waals surface area contributed by atoms with E-state index in [4.69, 9.17) is 14.5 Å². The van der Waals surface area contributed by atoms with E-state index in [1.54, 1.807) is 18.4 Å². The van der Waals surface area contributed by atoms with Gasteiger partial charge in [-0.05, 0) is 59.9 Å². The molecule has 2 heterocycles. The lowest BCUT2D eigenvalue weighted by atomic mass is 9.72. The van der Waals surface area contributed by atoms with Crippen molar-refractivity contribution in [2.45, 2.75) is 46.5 Å². The summed E-state index contributed by atoms with van der Waals surface area (Å²) in [5, 5.41) is 0.772. The van der Waals surface area contributed by atoms with Crippen LogP contribution in [0.3, 0.4) is 0 Å². The van der Waals surface area contributed by atoms with Crippen LogP contribution in [-0.4, -0.2) is 23.7 Å². The Hall–Kier alpha value is -3.12. The summed E-state index contributed by atoms with van der Waals surface area (Å²) in [6, 6.07) is 15.9. The number of rotatable bonds is 6. The molecule has 0 radical (unpaired) electrons. The Labute approximate surface area is 210 Å². The number of aromatic amines is 1. The monoisotopic (exact) mass is 488 g/mol. The number of methoxy groups -OCH3 is 1. The number of benzene rings is 2. The molecule has 0 aliphatic heterocycles. The maximum absolute atomic E-state index is 13.1. The highest BCUT2D eigenvalue weighted by molar-refractivity contribution is 7.18. The third-order valence-corrected chi connectivity index (χ3v) is 8.22. The molecule has 5 nitrogen and oxygen atoms in total. The molecule has 182 valence electrons. The molecule has 0 spiro atoms. The zero-order valence-corrected chi connectivity index (χ0v) is 21.6. The maximum Gasteiger partial charge on any atom is 0.260 e. The first-order chi connectivity index (χ1) is 16.8. The van der Waals surface area contributed by atoms with Crippen molar-refractivity contribution in [1.29, 1.82) is 0 Å². The summed E-state index contributed by atoms with van der Waals surface area (Å²) in [4.78, 5) is 23.2. The first-order valence-electron chi connectivity index (χ1n) is 12.2. The molecular formula is C29H32N2O3S. The minimum atomic E-state index is -0.0566. The molecule has 0 amide bonds. The van der Waals surface area contributed by atoms with Gasteiger partial charge in [0.15, 0.2) is 11.5 Å². The van der Waals surface area contributed by atoms with Crippen LogP contribution in [0.2, 0.25) is 0 Å². The van der Waals surface area contributed by atoms with Gasteiger partial charge in [0.1, 0.15) is 10.7 Å². The Morgan fingerprint density at radius 3 is 2.66 bits per heavy atom. The smallest absolute Gasteiger partial charge is 0.260 e. The highest BCUT2D eigenvalue weighted by Gasteiger charge is 2.31. The van der Waals surface area contributed by atoms with E-state index in [0.29, 0.717) is 29.8 Å². The third-order valence-electron chi connectivity index (χ3n) is 7.07. The fraction of sp³-hybridized carbons (Fsp3) is 0.379. The van der Waals surface area contributed by atoms with Gasteiger partial charge >= 0.3 is 0 Å². The van der Waals surface area contributed by atoms with Crippen LogP contribution < -0.4 is 15.0 Å². The lowest BCUT2D eigenvalue weighted by Crippen LogP contribution is -2.26. The Kier molecular flexibility index (Phi) is 6.41. The second kappa shape index (κ2) is 9.50. The zero-order chi connectivity index (χ0) is 24.6. The quantitative estimate of drug-likeness (QED) is 0.340. The van der Waals surface area contributed by atoms with Crippen LogP contribution in [-0.2, 0) is 19.3 Å². The fourth-order valence-electron chi connectivity index (χ4n) is 4.92. The van der Waals surface area contributed by atoms with Crippen molar-refractivity contribution in [2.24, 2.45) is 11.3 Å². The van der Waals surface area contributed by atoms with E-state index in [2.05, 4.69) is 37.9 Å². The average Bonchev–Trinajstić information content (AvgIpc) is 3.22. The van der Waals surface area contributed by atoms with E-state index in [0.717, 1.165) is 41.5 Å². The molecule has 0 saturated heterocycles. The van der Waals surface area contributed by atoms with Crippen molar-refractivity contribution in [2.75, 3.05) is 13.7 Å². The Morgan fingerprint density at radius 1 is 1.11 bits per heavy atom. The highest BCUT2D eigenvalue weighted by Crippen LogP contribution is 2.42. The van der Waals surface area contributed by atoms with Crippen LogP contribution in [0.4, 0.5) is 0 Å². The molecule has 1 atom stereocenters. The molecule has 4 aromatic rings. The second-order valence-electron chi connectivity index (χ2n) is 10.4. The van der Waals surface area contributed by atoms with Gasteiger partial charge in [-0.1, -0.05) is 51.1 Å². The van der Waals surface area contributed by atoms with Gasteiger partial charge in [0.25, 0.3) is 5.56 Å².